The number of phenols is 1. The minimum Gasteiger partial charge on any atom is -0.508 e. The fraction of sp³-hybridized carbons (Fsp3) is 0.500. The van der Waals surface area contributed by atoms with E-state index in [2.05, 4.69) is 10.1 Å². The van der Waals surface area contributed by atoms with Crippen molar-refractivity contribution in [3.05, 3.63) is 41.5 Å². The van der Waals surface area contributed by atoms with Crippen LogP contribution < -0.4 is 5.73 Å². The summed E-state index contributed by atoms with van der Waals surface area (Å²) in [7, 11) is 0. The van der Waals surface area contributed by atoms with Crippen molar-refractivity contribution in [3.8, 4) is 5.75 Å². The molecule has 112 valence electrons. The van der Waals surface area contributed by atoms with Gasteiger partial charge in [0.2, 0.25) is 5.89 Å². The highest BCUT2D eigenvalue weighted by atomic mass is 16.5. The molecule has 1 aromatic heterocycles. The van der Waals surface area contributed by atoms with Gasteiger partial charge in [-0.15, -0.1) is 0 Å². The fourth-order valence-corrected chi connectivity index (χ4v) is 2.90. The first-order valence-electron chi connectivity index (χ1n) is 7.59. The molecule has 0 spiro atoms. The summed E-state index contributed by atoms with van der Waals surface area (Å²) in [5.41, 5.74) is 7.19. The lowest BCUT2D eigenvalue weighted by molar-refractivity contribution is 0.341. The molecule has 5 heteroatoms. The van der Waals surface area contributed by atoms with Crippen LogP contribution in [0.3, 0.4) is 0 Å². The number of aromatic hydroxyl groups is 1. The number of rotatable bonds is 4. The van der Waals surface area contributed by atoms with Gasteiger partial charge in [-0.05, 0) is 37.0 Å². The number of benzene rings is 1. The lowest BCUT2D eigenvalue weighted by Gasteiger charge is -2.17. The van der Waals surface area contributed by atoms with E-state index < -0.39 is 0 Å². The van der Waals surface area contributed by atoms with E-state index >= 15 is 0 Å². The fourth-order valence-electron chi connectivity index (χ4n) is 2.90. The van der Waals surface area contributed by atoms with Crippen molar-refractivity contribution in [3.63, 3.8) is 0 Å². The molecular weight excluding hydrogens is 266 g/mol. The molecule has 0 radical (unpaired) electrons. The molecule has 1 atom stereocenters. The van der Waals surface area contributed by atoms with E-state index in [0.29, 0.717) is 18.2 Å². The molecule has 1 aliphatic rings. The van der Waals surface area contributed by atoms with E-state index in [9.17, 15) is 5.11 Å². The number of hydrogen-bond donors (Lipinski definition) is 2. The van der Waals surface area contributed by atoms with Gasteiger partial charge in [-0.1, -0.05) is 36.6 Å². The molecule has 0 aliphatic heterocycles. The summed E-state index contributed by atoms with van der Waals surface area (Å²) in [5, 5.41) is 13.4. The number of phenolic OH excluding ortho intramolecular Hbond substituents is 1. The van der Waals surface area contributed by atoms with Gasteiger partial charge in [0.25, 0.3) is 0 Å². The molecule has 21 heavy (non-hydrogen) atoms. The molecule has 0 amide bonds. The number of nitrogens with two attached hydrogens (primary N) is 1. The third-order valence-electron chi connectivity index (χ3n) is 4.14. The van der Waals surface area contributed by atoms with Gasteiger partial charge in [0.1, 0.15) is 5.75 Å². The number of aromatic nitrogens is 2. The van der Waals surface area contributed by atoms with Crippen LogP contribution in [-0.4, -0.2) is 15.2 Å². The first-order valence-corrected chi connectivity index (χ1v) is 7.59. The first-order chi connectivity index (χ1) is 10.2. The molecule has 5 nitrogen and oxygen atoms in total. The molecule has 1 heterocycles. The Morgan fingerprint density at radius 2 is 1.90 bits per heavy atom. The van der Waals surface area contributed by atoms with Crippen LogP contribution in [0.2, 0.25) is 0 Å². The van der Waals surface area contributed by atoms with Gasteiger partial charge in [-0.3, -0.25) is 0 Å². The SMILES string of the molecule is NC(Cc1ccc(O)cc1)c1nc(C2CCCCC2)no1. The van der Waals surface area contributed by atoms with Crippen LogP contribution in [0.1, 0.15) is 61.3 Å². The maximum absolute atomic E-state index is 9.28. The molecule has 1 saturated carbocycles. The zero-order valence-electron chi connectivity index (χ0n) is 12.0. The highest BCUT2D eigenvalue weighted by molar-refractivity contribution is 5.26. The Bertz CT molecular complexity index is 573. The zero-order valence-corrected chi connectivity index (χ0v) is 12.0. The van der Waals surface area contributed by atoms with Crippen LogP contribution in [0.15, 0.2) is 28.8 Å². The Morgan fingerprint density at radius 3 is 2.62 bits per heavy atom. The van der Waals surface area contributed by atoms with E-state index in [1.807, 2.05) is 12.1 Å². The van der Waals surface area contributed by atoms with E-state index in [4.69, 9.17) is 10.3 Å². The van der Waals surface area contributed by atoms with Gasteiger partial charge in [-0.2, -0.15) is 4.98 Å². The Balaban J connectivity index is 1.65. The minimum absolute atomic E-state index is 0.254. The van der Waals surface area contributed by atoms with E-state index in [1.165, 1.54) is 19.3 Å². The lowest BCUT2D eigenvalue weighted by Crippen LogP contribution is -2.14. The van der Waals surface area contributed by atoms with Crippen LogP contribution in [0.4, 0.5) is 0 Å². The monoisotopic (exact) mass is 287 g/mol. The zero-order chi connectivity index (χ0) is 14.7. The predicted molar refractivity (Wildman–Crippen MR) is 78.9 cm³/mol. The summed E-state index contributed by atoms with van der Waals surface area (Å²) < 4.78 is 5.34. The normalized spacial score (nSPS) is 17.8. The molecule has 1 aliphatic carbocycles. The standard InChI is InChI=1S/C16H21N3O2/c17-14(10-11-6-8-13(20)9-7-11)16-18-15(19-21-16)12-4-2-1-3-5-12/h6-9,12,14,20H,1-5,10,17H2. The van der Waals surface area contributed by atoms with Gasteiger partial charge >= 0.3 is 0 Å². The maximum Gasteiger partial charge on any atom is 0.243 e. The molecule has 2 aromatic rings. The van der Waals surface area contributed by atoms with E-state index in [-0.39, 0.29) is 11.8 Å². The summed E-state index contributed by atoms with van der Waals surface area (Å²) in [6, 6.07) is 6.72. The second-order valence-electron chi connectivity index (χ2n) is 5.80. The molecule has 3 rings (SSSR count). The van der Waals surface area contributed by atoms with Crippen molar-refractivity contribution in [2.75, 3.05) is 0 Å². The molecule has 0 bridgehead atoms. The third-order valence-corrected chi connectivity index (χ3v) is 4.14. The summed E-state index contributed by atoms with van der Waals surface area (Å²) in [4.78, 5) is 4.50. The summed E-state index contributed by atoms with van der Waals surface area (Å²) >= 11 is 0. The quantitative estimate of drug-likeness (QED) is 0.902. The van der Waals surface area contributed by atoms with Crippen molar-refractivity contribution in [2.24, 2.45) is 5.73 Å². The van der Waals surface area contributed by atoms with E-state index in [1.54, 1.807) is 12.1 Å². The van der Waals surface area contributed by atoms with Crippen molar-refractivity contribution >= 4 is 0 Å². The predicted octanol–water partition coefficient (Wildman–Crippen LogP) is 3.07. The molecule has 1 fully saturated rings. The minimum atomic E-state index is -0.306. The van der Waals surface area contributed by atoms with Crippen molar-refractivity contribution in [1.29, 1.82) is 0 Å². The van der Waals surface area contributed by atoms with Crippen LogP contribution in [-0.2, 0) is 6.42 Å². The van der Waals surface area contributed by atoms with Crippen LogP contribution in [0.25, 0.3) is 0 Å². The second-order valence-corrected chi connectivity index (χ2v) is 5.80. The van der Waals surface area contributed by atoms with Gasteiger partial charge in [0, 0.05) is 5.92 Å². The molecule has 1 unspecified atom stereocenters. The number of nitrogens with zero attached hydrogens (tertiary/aromatic N) is 2. The molecule has 0 saturated heterocycles. The Labute approximate surface area is 124 Å². The molecular formula is C16H21N3O2. The Morgan fingerprint density at radius 1 is 1.19 bits per heavy atom. The molecule has 3 N–H and O–H groups in total. The van der Waals surface area contributed by atoms with Crippen LogP contribution >= 0.6 is 0 Å². The smallest absolute Gasteiger partial charge is 0.243 e. The average Bonchev–Trinajstić information content (AvgIpc) is 3.00. The topological polar surface area (TPSA) is 85.2 Å². The Kier molecular flexibility index (Phi) is 4.20. The van der Waals surface area contributed by atoms with Crippen LogP contribution in [0, 0.1) is 0 Å². The molecule has 1 aromatic carbocycles. The van der Waals surface area contributed by atoms with Gasteiger partial charge in [0.05, 0.1) is 6.04 Å². The highest BCUT2D eigenvalue weighted by Crippen LogP contribution is 2.31. The second kappa shape index (κ2) is 6.26. The first kappa shape index (κ1) is 14.1. The third kappa shape index (κ3) is 3.42. The van der Waals surface area contributed by atoms with Gasteiger partial charge < -0.3 is 15.4 Å². The van der Waals surface area contributed by atoms with Crippen molar-refractivity contribution in [2.45, 2.75) is 50.5 Å². The highest BCUT2D eigenvalue weighted by Gasteiger charge is 2.23. The Hall–Kier alpha value is -1.88. The van der Waals surface area contributed by atoms with Crippen LogP contribution in [0.5, 0.6) is 5.75 Å². The van der Waals surface area contributed by atoms with Gasteiger partial charge in [-0.25, -0.2) is 0 Å². The summed E-state index contributed by atoms with van der Waals surface area (Å²) in [6.07, 6.45) is 6.70. The largest absolute Gasteiger partial charge is 0.508 e. The average molecular weight is 287 g/mol. The maximum atomic E-state index is 9.28. The van der Waals surface area contributed by atoms with E-state index in [0.717, 1.165) is 24.2 Å². The van der Waals surface area contributed by atoms with Gasteiger partial charge in [0.15, 0.2) is 5.82 Å². The summed E-state index contributed by atoms with van der Waals surface area (Å²) in [6.45, 7) is 0. The lowest BCUT2D eigenvalue weighted by atomic mass is 9.89. The number of hydrogen-bond acceptors (Lipinski definition) is 5. The van der Waals surface area contributed by atoms with Crippen molar-refractivity contribution in [1.82, 2.24) is 10.1 Å². The van der Waals surface area contributed by atoms with Crippen molar-refractivity contribution < 1.29 is 9.63 Å². The summed E-state index contributed by atoms with van der Waals surface area (Å²) in [5.74, 6) is 2.00.